The zero-order chi connectivity index (χ0) is 24.8. The molecule has 35 heavy (non-hydrogen) atoms. The molecule has 0 unspecified atom stereocenters. The third-order valence-corrected chi connectivity index (χ3v) is 7.36. The van der Waals surface area contributed by atoms with Crippen LogP contribution < -0.4 is 10.6 Å². The third kappa shape index (κ3) is 6.85. The number of halogens is 1. The first-order valence-electron chi connectivity index (χ1n) is 13.0. The number of rotatable bonds is 9. The molecular weight excluding hydrogens is 464 g/mol. The number of aryl methyl sites for hydroxylation is 1. The number of aromatic nitrogens is 4. The fraction of sp³-hybridized carbons (Fsp3) is 0.680. The molecule has 4 rings (SSSR count). The van der Waals surface area contributed by atoms with Crippen molar-refractivity contribution >= 4 is 35.0 Å². The topological polar surface area (TPSA) is 91.2 Å². The molecule has 0 atom stereocenters. The van der Waals surface area contributed by atoms with Crippen molar-refractivity contribution in [1.82, 2.24) is 29.5 Å². The second-order valence-electron chi connectivity index (χ2n) is 9.96. The maximum absolute atomic E-state index is 12.2. The van der Waals surface area contributed by atoms with Crippen molar-refractivity contribution in [2.45, 2.75) is 77.8 Å². The smallest absolute Gasteiger partial charge is 0.229 e. The molecule has 2 fully saturated rings. The van der Waals surface area contributed by atoms with Gasteiger partial charge in [0.25, 0.3) is 0 Å². The molecular formula is C25H39ClN8O. The van der Waals surface area contributed by atoms with E-state index in [0.29, 0.717) is 41.8 Å². The van der Waals surface area contributed by atoms with Gasteiger partial charge in [-0.1, -0.05) is 18.0 Å². The van der Waals surface area contributed by atoms with E-state index in [4.69, 9.17) is 16.7 Å². The summed E-state index contributed by atoms with van der Waals surface area (Å²) in [6.45, 7) is 11.0. The maximum Gasteiger partial charge on any atom is 0.229 e. The minimum atomic E-state index is 0.274. The van der Waals surface area contributed by atoms with Crippen LogP contribution in [-0.4, -0.2) is 74.2 Å². The first-order valence-corrected chi connectivity index (χ1v) is 13.4. The number of nitrogens with one attached hydrogen (secondary N) is 2. The second kappa shape index (κ2) is 12.0. The molecule has 2 aliphatic heterocycles. The first-order chi connectivity index (χ1) is 16.9. The van der Waals surface area contributed by atoms with Crippen LogP contribution in [0.2, 0.25) is 5.02 Å². The quantitative estimate of drug-likeness (QED) is 0.483. The van der Waals surface area contributed by atoms with Crippen LogP contribution in [-0.2, 0) is 4.79 Å². The van der Waals surface area contributed by atoms with E-state index < -0.39 is 0 Å². The summed E-state index contributed by atoms with van der Waals surface area (Å²) in [5.74, 6) is 1.35. The summed E-state index contributed by atoms with van der Waals surface area (Å²) in [4.78, 5) is 25.6. The molecule has 0 saturated carbocycles. The lowest BCUT2D eigenvalue weighted by atomic mass is 10.0. The predicted octanol–water partition coefficient (Wildman–Crippen LogP) is 4.63. The third-order valence-electron chi connectivity index (χ3n) is 7.08. The van der Waals surface area contributed by atoms with Crippen LogP contribution in [0.25, 0.3) is 0 Å². The lowest BCUT2D eigenvalue weighted by molar-refractivity contribution is -0.130. The molecule has 2 aliphatic rings. The SMILES string of the molecule is Cc1nn(C2CCN(C(C)C)CC2)cc1Nc1ncc(Cl)c(NCCCN2CCCCCC2=O)n1. The number of anilines is 3. The monoisotopic (exact) mass is 502 g/mol. The Bertz CT molecular complexity index is 986. The van der Waals surface area contributed by atoms with Crippen molar-refractivity contribution in [1.29, 1.82) is 0 Å². The highest BCUT2D eigenvalue weighted by atomic mass is 35.5. The molecule has 0 aliphatic carbocycles. The Balaban J connectivity index is 1.31. The van der Waals surface area contributed by atoms with Gasteiger partial charge in [-0.15, -0.1) is 0 Å². The van der Waals surface area contributed by atoms with Crippen molar-refractivity contribution in [3.63, 3.8) is 0 Å². The highest BCUT2D eigenvalue weighted by Gasteiger charge is 2.23. The molecule has 10 heteroatoms. The van der Waals surface area contributed by atoms with Gasteiger partial charge in [-0.2, -0.15) is 10.1 Å². The predicted molar refractivity (Wildman–Crippen MR) is 140 cm³/mol. The van der Waals surface area contributed by atoms with E-state index >= 15 is 0 Å². The molecule has 0 bridgehead atoms. The first kappa shape index (κ1) is 25.7. The number of carbonyl (C=O) groups is 1. The zero-order valence-electron chi connectivity index (χ0n) is 21.3. The molecule has 4 heterocycles. The lowest BCUT2D eigenvalue weighted by Crippen LogP contribution is -2.39. The summed E-state index contributed by atoms with van der Waals surface area (Å²) in [5.41, 5.74) is 1.83. The van der Waals surface area contributed by atoms with Gasteiger partial charge in [-0.05, 0) is 52.9 Å². The van der Waals surface area contributed by atoms with E-state index in [0.717, 1.165) is 76.1 Å². The van der Waals surface area contributed by atoms with Gasteiger partial charge in [0, 0.05) is 51.4 Å². The van der Waals surface area contributed by atoms with Gasteiger partial charge in [0.1, 0.15) is 10.8 Å². The standard InChI is InChI=1S/C25H39ClN8O/c1-18(2)32-14-9-20(10-15-32)34-17-22(19(3)31-34)29-25-28-16-21(26)24(30-25)27-11-7-13-33-12-6-4-5-8-23(33)35/h16-18,20H,4-15H2,1-3H3,(H2,27,28,29,30). The summed E-state index contributed by atoms with van der Waals surface area (Å²) in [6, 6.07) is 1.01. The Morgan fingerprint density at radius 1 is 1.17 bits per heavy atom. The lowest BCUT2D eigenvalue weighted by Gasteiger charge is -2.34. The van der Waals surface area contributed by atoms with E-state index in [9.17, 15) is 4.79 Å². The van der Waals surface area contributed by atoms with Crippen molar-refractivity contribution in [2.75, 3.05) is 43.4 Å². The Labute approximate surface area is 213 Å². The van der Waals surface area contributed by atoms with E-state index in [1.54, 1.807) is 6.20 Å². The van der Waals surface area contributed by atoms with Crippen LogP contribution in [0.1, 0.15) is 70.5 Å². The van der Waals surface area contributed by atoms with Crippen molar-refractivity contribution in [3.05, 3.63) is 23.1 Å². The Hall–Kier alpha value is -2.39. The highest BCUT2D eigenvalue weighted by Crippen LogP contribution is 2.27. The number of piperidine rings is 1. The molecule has 1 amide bonds. The highest BCUT2D eigenvalue weighted by molar-refractivity contribution is 6.32. The van der Waals surface area contributed by atoms with Crippen LogP contribution in [0.5, 0.6) is 0 Å². The summed E-state index contributed by atoms with van der Waals surface area (Å²) in [5, 5.41) is 11.9. The van der Waals surface area contributed by atoms with Gasteiger partial charge < -0.3 is 20.4 Å². The van der Waals surface area contributed by atoms with E-state index in [1.807, 2.05) is 11.8 Å². The summed E-state index contributed by atoms with van der Waals surface area (Å²) >= 11 is 6.34. The number of hydrogen-bond acceptors (Lipinski definition) is 7. The number of hydrogen-bond donors (Lipinski definition) is 2. The zero-order valence-corrected chi connectivity index (χ0v) is 22.0. The number of carbonyl (C=O) groups excluding carboxylic acids is 1. The molecule has 192 valence electrons. The normalized spacial score (nSPS) is 18.2. The van der Waals surface area contributed by atoms with Crippen LogP contribution >= 0.6 is 11.6 Å². The van der Waals surface area contributed by atoms with E-state index in [1.165, 1.54) is 0 Å². The van der Waals surface area contributed by atoms with Crippen molar-refractivity contribution < 1.29 is 4.79 Å². The van der Waals surface area contributed by atoms with E-state index in [2.05, 4.69) is 50.2 Å². The largest absolute Gasteiger partial charge is 0.369 e. The Morgan fingerprint density at radius 2 is 1.97 bits per heavy atom. The van der Waals surface area contributed by atoms with Crippen molar-refractivity contribution in [3.8, 4) is 0 Å². The fourth-order valence-corrected chi connectivity index (χ4v) is 5.04. The van der Waals surface area contributed by atoms with Gasteiger partial charge in [0.15, 0.2) is 0 Å². The molecule has 2 N–H and O–H groups in total. The van der Waals surface area contributed by atoms with Crippen molar-refractivity contribution in [2.24, 2.45) is 0 Å². The van der Waals surface area contributed by atoms with Crippen LogP contribution in [0.15, 0.2) is 12.4 Å². The average Bonchev–Trinajstić information content (AvgIpc) is 3.08. The number of amides is 1. The molecule has 0 aromatic carbocycles. The van der Waals surface area contributed by atoms with Gasteiger partial charge in [0.2, 0.25) is 11.9 Å². The molecule has 2 aromatic rings. The van der Waals surface area contributed by atoms with Gasteiger partial charge >= 0.3 is 0 Å². The van der Waals surface area contributed by atoms with Crippen LogP contribution in [0, 0.1) is 6.92 Å². The molecule has 0 spiro atoms. The van der Waals surface area contributed by atoms with Gasteiger partial charge in [0.05, 0.1) is 23.6 Å². The number of likely N-dealkylation sites (tertiary alicyclic amines) is 2. The molecule has 2 saturated heterocycles. The minimum Gasteiger partial charge on any atom is -0.369 e. The molecule has 9 nitrogen and oxygen atoms in total. The Kier molecular flexibility index (Phi) is 8.83. The van der Waals surface area contributed by atoms with Crippen LogP contribution in [0.4, 0.5) is 17.5 Å². The minimum absolute atomic E-state index is 0.274. The maximum atomic E-state index is 12.2. The summed E-state index contributed by atoms with van der Waals surface area (Å²) in [7, 11) is 0. The summed E-state index contributed by atoms with van der Waals surface area (Å²) in [6.07, 6.45) is 10.6. The van der Waals surface area contributed by atoms with Gasteiger partial charge in [-0.25, -0.2) is 4.98 Å². The Morgan fingerprint density at radius 3 is 2.74 bits per heavy atom. The average molecular weight is 503 g/mol. The fourth-order valence-electron chi connectivity index (χ4n) is 4.88. The summed E-state index contributed by atoms with van der Waals surface area (Å²) < 4.78 is 2.09. The van der Waals surface area contributed by atoms with E-state index in [-0.39, 0.29) is 5.91 Å². The second-order valence-corrected chi connectivity index (χ2v) is 10.4. The van der Waals surface area contributed by atoms with Gasteiger partial charge in [-0.3, -0.25) is 9.48 Å². The molecule has 0 radical (unpaired) electrons. The number of nitrogens with zero attached hydrogens (tertiary/aromatic N) is 6. The molecule has 2 aromatic heterocycles. The van der Waals surface area contributed by atoms with Crippen LogP contribution in [0.3, 0.4) is 0 Å².